The first-order valence-electron chi connectivity index (χ1n) is 5.73. The van der Waals surface area contributed by atoms with Crippen molar-refractivity contribution in [3.8, 4) is 11.4 Å². The van der Waals surface area contributed by atoms with E-state index >= 15 is 0 Å². The van der Waals surface area contributed by atoms with Crippen LogP contribution < -0.4 is 5.73 Å². The van der Waals surface area contributed by atoms with Gasteiger partial charge in [0, 0.05) is 41.6 Å². The molecular weight excluding hydrogens is 224 g/mol. The molecule has 0 radical (unpaired) electrons. The van der Waals surface area contributed by atoms with Crippen LogP contribution in [0.4, 0.5) is 0 Å². The summed E-state index contributed by atoms with van der Waals surface area (Å²) in [7, 11) is 0. The summed E-state index contributed by atoms with van der Waals surface area (Å²) in [4.78, 5) is 12.9. The molecule has 0 aliphatic carbocycles. The second-order valence-corrected chi connectivity index (χ2v) is 4.03. The molecule has 3 aromatic rings. The van der Waals surface area contributed by atoms with Gasteiger partial charge in [-0.15, -0.1) is 0 Å². The zero-order valence-corrected chi connectivity index (χ0v) is 9.74. The van der Waals surface area contributed by atoms with E-state index in [1.165, 1.54) is 0 Å². The van der Waals surface area contributed by atoms with E-state index in [9.17, 15) is 0 Å². The highest BCUT2D eigenvalue weighted by molar-refractivity contribution is 5.82. The molecule has 0 spiro atoms. The highest BCUT2D eigenvalue weighted by Gasteiger charge is 2.02. The van der Waals surface area contributed by atoms with Gasteiger partial charge in [-0.1, -0.05) is 6.07 Å². The maximum absolute atomic E-state index is 5.52. The van der Waals surface area contributed by atoms with E-state index < -0.39 is 0 Å². The average Bonchev–Trinajstić information content (AvgIpc) is 2.47. The third-order valence-electron chi connectivity index (χ3n) is 2.80. The lowest BCUT2D eigenvalue weighted by Gasteiger charge is -2.03. The van der Waals surface area contributed by atoms with Crippen LogP contribution in [0.5, 0.6) is 0 Å². The smallest absolute Gasteiger partial charge is 0.159 e. The van der Waals surface area contributed by atoms with Crippen molar-refractivity contribution in [3.63, 3.8) is 0 Å². The number of benzene rings is 1. The molecule has 0 aliphatic heterocycles. The maximum atomic E-state index is 5.52. The minimum absolute atomic E-state index is 0.460. The molecular formula is C14H12N4. The Kier molecular flexibility index (Phi) is 2.70. The number of nitrogens with two attached hydrogens (primary N) is 1. The predicted octanol–water partition coefficient (Wildman–Crippen LogP) is 2.15. The third kappa shape index (κ3) is 1.94. The summed E-state index contributed by atoms with van der Waals surface area (Å²) in [6.45, 7) is 0.460. The summed E-state index contributed by atoms with van der Waals surface area (Å²) >= 11 is 0. The largest absolute Gasteiger partial charge is 0.326 e. The Hall–Kier alpha value is -2.33. The van der Waals surface area contributed by atoms with E-state index in [1.54, 1.807) is 18.6 Å². The first-order valence-corrected chi connectivity index (χ1v) is 5.73. The van der Waals surface area contributed by atoms with E-state index in [0.29, 0.717) is 12.4 Å². The first-order chi connectivity index (χ1) is 8.86. The quantitative estimate of drug-likeness (QED) is 0.740. The summed E-state index contributed by atoms with van der Waals surface area (Å²) in [6, 6.07) is 9.95. The molecule has 4 nitrogen and oxygen atoms in total. The molecule has 0 amide bonds. The molecule has 4 heteroatoms. The zero-order valence-electron chi connectivity index (χ0n) is 9.74. The molecule has 0 fully saturated rings. The molecule has 0 unspecified atom stereocenters. The highest BCUT2D eigenvalue weighted by atomic mass is 14.9. The van der Waals surface area contributed by atoms with Crippen molar-refractivity contribution < 1.29 is 0 Å². The summed E-state index contributed by atoms with van der Waals surface area (Å²) in [5.41, 5.74) is 8.41. The second kappa shape index (κ2) is 4.50. The molecule has 2 heterocycles. The van der Waals surface area contributed by atoms with Gasteiger partial charge in [-0.2, -0.15) is 0 Å². The number of aromatic nitrogens is 3. The van der Waals surface area contributed by atoms with Gasteiger partial charge in [-0.05, 0) is 24.3 Å². The molecule has 0 atom stereocenters. The molecule has 3 rings (SSSR count). The minimum Gasteiger partial charge on any atom is -0.326 e. The predicted molar refractivity (Wildman–Crippen MR) is 70.7 cm³/mol. The normalized spacial score (nSPS) is 10.7. The Morgan fingerprint density at radius 2 is 1.83 bits per heavy atom. The summed E-state index contributed by atoms with van der Waals surface area (Å²) in [5.74, 6) is 0.706. The number of pyridine rings is 1. The number of fused-ring (bicyclic) bond motifs is 1. The molecule has 0 aliphatic rings. The van der Waals surface area contributed by atoms with E-state index in [1.807, 2.05) is 30.3 Å². The van der Waals surface area contributed by atoms with E-state index in [0.717, 1.165) is 22.0 Å². The monoisotopic (exact) mass is 236 g/mol. The lowest BCUT2D eigenvalue weighted by Crippen LogP contribution is -1.99. The van der Waals surface area contributed by atoms with Crippen molar-refractivity contribution in [2.24, 2.45) is 5.73 Å². The van der Waals surface area contributed by atoms with Crippen LogP contribution in [0.25, 0.3) is 22.3 Å². The van der Waals surface area contributed by atoms with Gasteiger partial charge in [-0.25, -0.2) is 9.97 Å². The summed E-state index contributed by atoms with van der Waals surface area (Å²) in [5, 5.41) is 1.08. The van der Waals surface area contributed by atoms with Gasteiger partial charge in [0.2, 0.25) is 0 Å². The summed E-state index contributed by atoms with van der Waals surface area (Å²) in [6.07, 6.45) is 5.31. The van der Waals surface area contributed by atoms with Gasteiger partial charge >= 0.3 is 0 Å². The van der Waals surface area contributed by atoms with Gasteiger partial charge < -0.3 is 5.73 Å². The molecule has 0 saturated carbocycles. The fraction of sp³-hybridized carbons (Fsp3) is 0.0714. The van der Waals surface area contributed by atoms with Gasteiger partial charge in [0.15, 0.2) is 5.82 Å². The van der Waals surface area contributed by atoms with Crippen LogP contribution in [0.2, 0.25) is 0 Å². The van der Waals surface area contributed by atoms with Crippen molar-refractivity contribution in [3.05, 3.63) is 54.5 Å². The molecule has 18 heavy (non-hydrogen) atoms. The Morgan fingerprint density at radius 1 is 1.00 bits per heavy atom. The van der Waals surface area contributed by atoms with Crippen molar-refractivity contribution in [2.75, 3.05) is 0 Å². The first kappa shape index (κ1) is 10.8. The average molecular weight is 236 g/mol. The SMILES string of the molecule is NCc1cnc(-c2ccc3ncccc3c2)nc1. The van der Waals surface area contributed by atoms with Gasteiger partial charge in [0.05, 0.1) is 5.52 Å². The van der Waals surface area contributed by atoms with Crippen molar-refractivity contribution in [1.29, 1.82) is 0 Å². The fourth-order valence-corrected chi connectivity index (χ4v) is 1.82. The molecule has 2 aromatic heterocycles. The topological polar surface area (TPSA) is 64.7 Å². The van der Waals surface area contributed by atoms with Crippen molar-refractivity contribution >= 4 is 10.9 Å². The van der Waals surface area contributed by atoms with Crippen LogP contribution >= 0.6 is 0 Å². The second-order valence-electron chi connectivity index (χ2n) is 4.03. The number of hydrogen-bond donors (Lipinski definition) is 1. The molecule has 2 N–H and O–H groups in total. The fourth-order valence-electron chi connectivity index (χ4n) is 1.82. The lowest BCUT2D eigenvalue weighted by molar-refractivity contribution is 1.01. The molecule has 0 saturated heterocycles. The van der Waals surface area contributed by atoms with Crippen LogP contribution in [0.15, 0.2) is 48.9 Å². The van der Waals surface area contributed by atoms with Crippen molar-refractivity contribution in [1.82, 2.24) is 15.0 Å². The van der Waals surface area contributed by atoms with E-state index in [-0.39, 0.29) is 0 Å². The standard InChI is InChI=1S/C14H12N4/c15-7-10-8-17-14(18-9-10)12-3-4-13-11(6-12)2-1-5-16-13/h1-6,8-9H,7,15H2. The highest BCUT2D eigenvalue weighted by Crippen LogP contribution is 2.20. The van der Waals surface area contributed by atoms with Crippen molar-refractivity contribution in [2.45, 2.75) is 6.54 Å². The molecule has 88 valence electrons. The van der Waals surface area contributed by atoms with Gasteiger partial charge in [0.25, 0.3) is 0 Å². The van der Waals surface area contributed by atoms with Crippen LogP contribution in [0.3, 0.4) is 0 Å². The third-order valence-corrected chi connectivity index (χ3v) is 2.80. The lowest BCUT2D eigenvalue weighted by atomic mass is 10.1. The van der Waals surface area contributed by atoms with E-state index in [4.69, 9.17) is 5.73 Å². The Morgan fingerprint density at radius 3 is 2.61 bits per heavy atom. The van der Waals surface area contributed by atoms with Crippen LogP contribution in [-0.4, -0.2) is 15.0 Å². The van der Waals surface area contributed by atoms with Gasteiger partial charge in [-0.3, -0.25) is 4.98 Å². The minimum atomic E-state index is 0.460. The van der Waals surface area contributed by atoms with Gasteiger partial charge in [0.1, 0.15) is 0 Å². The Bertz CT molecular complexity index is 677. The number of rotatable bonds is 2. The maximum Gasteiger partial charge on any atom is 0.159 e. The molecule has 0 bridgehead atoms. The van der Waals surface area contributed by atoms with Crippen LogP contribution in [0.1, 0.15) is 5.56 Å². The summed E-state index contributed by atoms with van der Waals surface area (Å²) < 4.78 is 0. The number of nitrogens with zero attached hydrogens (tertiary/aromatic N) is 3. The molecule has 1 aromatic carbocycles. The van der Waals surface area contributed by atoms with E-state index in [2.05, 4.69) is 15.0 Å². The van der Waals surface area contributed by atoms with Crippen LogP contribution in [0, 0.1) is 0 Å². The number of hydrogen-bond acceptors (Lipinski definition) is 4. The Labute approximate surface area is 105 Å². The van der Waals surface area contributed by atoms with Crippen LogP contribution in [-0.2, 0) is 6.54 Å². The Balaban J connectivity index is 2.07. The zero-order chi connectivity index (χ0) is 12.4.